The molecule has 0 aliphatic rings. The van der Waals surface area contributed by atoms with Crippen LogP contribution >= 0.6 is 11.3 Å². The molecule has 0 saturated heterocycles. The molecule has 0 saturated carbocycles. The van der Waals surface area contributed by atoms with E-state index in [1.165, 1.54) is 11.3 Å². The van der Waals surface area contributed by atoms with E-state index in [0.29, 0.717) is 11.5 Å². The van der Waals surface area contributed by atoms with Gasteiger partial charge in [-0.3, -0.25) is 0 Å². The first kappa shape index (κ1) is 9.02. The summed E-state index contributed by atoms with van der Waals surface area (Å²) in [6, 6.07) is 5.36. The first-order chi connectivity index (χ1) is 6.68. The van der Waals surface area contributed by atoms with Gasteiger partial charge in [0.1, 0.15) is 17.1 Å². The second-order valence-electron chi connectivity index (χ2n) is 2.86. The summed E-state index contributed by atoms with van der Waals surface area (Å²) < 4.78 is 5.35. The van der Waals surface area contributed by atoms with E-state index in [-0.39, 0.29) is 5.56 Å². The van der Waals surface area contributed by atoms with Crippen LogP contribution in [0.15, 0.2) is 28.0 Å². The zero-order chi connectivity index (χ0) is 10.1. The van der Waals surface area contributed by atoms with Crippen LogP contribution in [-0.4, -0.2) is 11.1 Å². The highest BCUT2D eigenvalue weighted by Gasteiger charge is 2.14. The highest BCUT2D eigenvalue weighted by atomic mass is 32.1. The van der Waals surface area contributed by atoms with E-state index in [9.17, 15) is 4.79 Å². The lowest BCUT2D eigenvalue weighted by molar-refractivity contribution is 0.0695. The number of aryl methyl sites for hydroxylation is 1. The molecule has 0 fully saturated rings. The van der Waals surface area contributed by atoms with Crippen LogP contribution in [0.2, 0.25) is 0 Å². The number of carboxylic acid groups (broad SMARTS) is 1. The highest BCUT2D eigenvalue weighted by molar-refractivity contribution is 7.13. The van der Waals surface area contributed by atoms with E-state index < -0.39 is 5.97 Å². The molecular weight excluding hydrogens is 200 g/mol. The molecule has 0 aliphatic carbocycles. The van der Waals surface area contributed by atoms with Crippen molar-refractivity contribution in [1.29, 1.82) is 0 Å². The minimum Gasteiger partial charge on any atom is -0.478 e. The van der Waals surface area contributed by atoms with Crippen LogP contribution in [0.3, 0.4) is 0 Å². The topological polar surface area (TPSA) is 50.4 Å². The normalized spacial score (nSPS) is 10.4. The van der Waals surface area contributed by atoms with Gasteiger partial charge in [-0.15, -0.1) is 11.3 Å². The molecule has 1 N–H and O–H groups in total. The van der Waals surface area contributed by atoms with Gasteiger partial charge in [-0.25, -0.2) is 4.79 Å². The molecule has 0 radical (unpaired) electrons. The Morgan fingerprint density at radius 2 is 2.36 bits per heavy atom. The van der Waals surface area contributed by atoms with Gasteiger partial charge in [0, 0.05) is 6.07 Å². The van der Waals surface area contributed by atoms with Crippen LogP contribution in [0.5, 0.6) is 0 Å². The minimum absolute atomic E-state index is 0.230. The van der Waals surface area contributed by atoms with Gasteiger partial charge in [-0.05, 0) is 18.4 Å². The van der Waals surface area contributed by atoms with E-state index >= 15 is 0 Å². The third kappa shape index (κ3) is 1.44. The van der Waals surface area contributed by atoms with Crippen LogP contribution in [0.4, 0.5) is 0 Å². The number of hydrogen-bond acceptors (Lipinski definition) is 3. The van der Waals surface area contributed by atoms with Crippen molar-refractivity contribution in [3.63, 3.8) is 0 Å². The van der Waals surface area contributed by atoms with E-state index in [1.54, 1.807) is 13.0 Å². The van der Waals surface area contributed by atoms with Gasteiger partial charge in [0.25, 0.3) is 0 Å². The standard InChI is InChI=1S/C10H8O3S/c1-6-7(10(11)12)5-8(13-6)9-3-2-4-14-9/h2-5H,1H3,(H,11,12). The number of furan rings is 1. The number of carbonyl (C=O) groups is 1. The molecule has 4 heteroatoms. The molecule has 0 aromatic carbocycles. The van der Waals surface area contributed by atoms with E-state index in [1.807, 2.05) is 17.5 Å². The van der Waals surface area contributed by atoms with Gasteiger partial charge in [0.05, 0.1) is 4.88 Å². The summed E-state index contributed by atoms with van der Waals surface area (Å²) >= 11 is 1.52. The molecule has 0 amide bonds. The molecule has 2 aromatic heterocycles. The van der Waals surface area contributed by atoms with Crippen molar-refractivity contribution in [2.24, 2.45) is 0 Å². The van der Waals surface area contributed by atoms with Crippen molar-refractivity contribution >= 4 is 17.3 Å². The fraction of sp³-hybridized carbons (Fsp3) is 0.100. The summed E-state index contributed by atoms with van der Waals surface area (Å²) in [5.41, 5.74) is 0.230. The lowest BCUT2D eigenvalue weighted by Gasteiger charge is -1.87. The lowest BCUT2D eigenvalue weighted by atomic mass is 10.2. The number of rotatable bonds is 2. The molecule has 0 aliphatic heterocycles. The lowest BCUT2D eigenvalue weighted by Crippen LogP contribution is -1.94. The number of hydrogen-bond donors (Lipinski definition) is 1. The molecule has 2 rings (SSSR count). The first-order valence-electron chi connectivity index (χ1n) is 4.06. The third-order valence-corrected chi connectivity index (χ3v) is 2.80. The zero-order valence-electron chi connectivity index (χ0n) is 7.48. The average molecular weight is 208 g/mol. The van der Waals surface area contributed by atoms with Gasteiger partial charge in [-0.2, -0.15) is 0 Å². The van der Waals surface area contributed by atoms with Crippen molar-refractivity contribution in [3.8, 4) is 10.6 Å². The molecule has 0 spiro atoms. The van der Waals surface area contributed by atoms with Crippen LogP contribution in [-0.2, 0) is 0 Å². The molecule has 0 atom stereocenters. The zero-order valence-corrected chi connectivity index (χ0v) is 8.30. The summed E-state index contributed by atoms with van der Waals surface area (Å²) in [6.45, 7) is 1.65. The average Bonchev–Trinajstić information content (AvgIpc) is 2.70. The van der Waals surface area contributed by atoms with E-state index in [4.69, 9.17) is 9.52 Å². The summed E-state index contributed by atoms with van der Waals surface area (Å²) in [5, 5.41) is 10.7. The third-order valence-electron chi connectivity index (χ3n) is 1.91. The second kappa shape index (κ2) is 3.31. The Balaban J connectivity index is 2.48. The van der Waals surface area contributed by atoms with Crippen LogP contribution in [0, 0.1) is 6.92 Å². The Kier molecular flexibility index (Phi) is 2.13. The van der Waals surface area contributed by atoms with Crippen molar-refractivity contribution in [2.75, 3.05) is 0 Å². The van der Waals surface area contributed by atoms with Gasteiger partial charge in [0.2, 0.25) is 0 Å². The highest BCUT2D eigenvalue weighted by Crippen LogP contribution is 2.28. The van der Waals surface area contributed by atoms with Crippen molar-refractivity contribution in [2.45, 2.75) is 6.92 Å². The van der Waals surface area contributed by atoms with Gasteiger partial charge in [0.15, 0.2) is 0 Å². The number of carboxylic acids is 1. The van der Waals surface area contributed by atoms with E-state index in [2.05, 4.69) is 0 Å². The maximum Gasteiger partial charge on any atom is 0.339 e. The Morgan fingerprint density at radius 3 is 2.86 bits per heavy atom. The fourth-order valence-electron chi connectivity index (χ4n) is 1.23. The predicted molar refractivity (Wildman–Crippen MR) is 53.7 cm³/mol. The molecule has 14 heavy (non-hydrogen) atoms. The van der Waals surface area contributed by atoms with E-state index in [0.717, 1.165) is 4.88 Å². The first-order valence-corrected chi connectivity index (χ1v) is 4.94. The maximum absolute atomic E-state index is 10.7. The Labute approximate surface area is 84.6 Å². The molecule has 72 valence electrons. The molecule has 2 aromatic rings. The summed E-state index contributed by atoms with van der Waals surface area (Å²) in [6.07, 6.45) is 0. The largest absolute Gasteiger partial charge is 0.478 e. The monoisotopic (exact) mass is 208 g/mol. The molecule has 0 bridgehead atoms. The molecule has 2 heterocycles. The van der Waals surface area contributed by atoms with Crippen molar-refractivity contribution in [3.05, 3.63) is 34.9 Å². The van der Waals surface area contributed by atoms with Crippen LogP contribution in [0.1, 0.15) is 16.1 Å². The van der Waals surface area contributed by atoms with Crippen molar-refractivity contribution < 1.29 is 14.3 Å². The Morgan fingerprint density at radius 1 is 1.57 bits per heavy atom. The summed E-state index contributed by atoms with van der Waals surface area (Å²) in [7, 11) is 0. The summed E-state index contributed by atoms with van der Waals surface area (Å²) in [4.78, 5) is 11.7. The molecule has 0 unspecified atom stereocenters. The molecule has 3 nitrogen and oxygen atoms in total. The fourth-order valence-corrected chi connectivity index (χ4v) is 1.91. The Bertz CT molecular complexity index is 454. The number of aromatic carboxylic acids is 1. The second-order valence-corrected chi connectivity index (χ2v) is 3.81. The van der Waals surface area contributed by atoms with Gasteiger partial charge < -0.3 is 9.52 Å². The number of thiophene rings is 1. The quantitative estimate of drug-likeness (QED) is 0.825. The maximum atomic E-state index is 10.7. The van der Waals surface area contributed by atoms with Crippen molar-refractivity contribution in [1.82, 2.24) is 0 Å². The Hall–Kier alpha value is -1.55. The predicted octanol–water partition coefficient (Wildman–Crippen LogP) is 3.01. The van der Waals surface area contributed by atoms with Gasteiger partial charge in [-0.1, -0.05) is 6.07 Å². The van der Waals surface area contributed by atoms with Gasteiger partial charge >= 0.3 is 5.97 Å². The minimum atomic E-state index is -0.950. The van der Waals surface area contributed by atoms with Crippen LogP contribution in [0.25, 0.3) is 10.6 Å². The summed E-state index contributed by atoms with van der Waals surface area (Å²) in [5.74, 6) is 0.116. The smallest absolute Gasteiger partial charge is 0.339 e. The molecular formula is C10H8O3S. The van der Waals surface area contributed by atoms with Crippen LogP contribution < -0.4 is 0 Å². The SMILES string of the molecule is Cc1oc(-c2cccs2)cc1C(=O)O.